The van der Waals surface area contributed by atoms with Crippen LogP contribution in [-0.2, 0) is 0 Å². The molecule has 0 fully saturated rings. The topological polar surface area (TPSA) is 17.1 Å². The van der Waals surface area contributed by atoms with Crippen LogP contribution < -0.4 is 0 Å². The summed E-state index contributed by atoms with van der Waals surface area (Å²) < 4.78 is 0. The minimum atomic E-state index is 0.687. The molecule has 1 aromatic carbocycles. The summed E-state index contributed by atoms with van der Waals surface area (Å²) in [5.74, 6) is 5.68. The molecule has 1 aromatic rings. The van der Waals surface area contributed by atoms with E-state index in [0.29, 0.717) is 5.56 Å². The van der Waals surface area contributed by atoms with Crippen molar-refractivity contribution >= 4 is 6.29 Å². The molecule has 0 saturated carbocycles. The lowest BCUT2D eigenvalue weighted by atomic mass is 10.1. The molecule has 0 spiro atoms. The molecule has 0 unspecified atom stereocenters. The molecule has 0 aliphatic rings. The second-order valence-electron chi connectivity index (χ2n) is 2.11. The van der Waals surface area contributed by atoms with Crippen LogP contribution in [0.2, 0.25) is 0 Å². The Morgan fingerprint density at radius 2 is 1.69 bits per heavy atom. The smallest absolute Gasteiger partial charge is 0.150 e. The Morgan fingerprint density at radius 1 is 1.15 bits per heavy atom. The molecule has 0 aliphatic heterocycles. The van der Waals surface area contributed by atoms with Gasteiger partial charge >= 0.3 is 0 Å². The third-order valence-electron chi connectivity index (χ3n) is 1.32. The molecule has 0 amide bonds. The number of aldehydes is 1. The third kappa shape index (κ3) is 4.12. The first-order chi connectivity index (χ1) is 6.36. The van der Waals surface area contributed by atoms with Crippen molar-refractivity contribution in [3.05, 3.63) is 35.4 Å². The lowest BCUT2D eigenvalue weighted by molar-refractivity contribution is 0.112. The Morgan fingerprint density at radius 3 is 2.08 bits per heavy atom. The molecule has 0 heterocycles. The first kappa shape index (κ1) is 11.4. The summed E-state index contributed by atoms with van der Waals surface area (Å²) in [4.78, 5) is 10.2. The van der Waals surface area contributed by atoms with Gasteiger partial charge < -0.3 is 0 Å². The highest BCUT2D eigenvalue weighted by Gasteiger charge is 1.87. The summed E-state index contributed by atoms with van der Waals surface area (Å²) in [7, 11) is 0. The highest BCUT2D eigenvalue weighted by molar-refractivity contribution is 5.74. The van der Waals surface area contributed by atoms with E-state index in [1.54, 1.807) is 19.1 Å². The van der Waals surface area contributed by atoms with Crippen LogP contribution in [0.15, 0.2) is 24.3 Å². The molecular formula is C12H14O. The maximum atomic E-state index is 10.2. The third-order valence-corrected chi connectivity index (χ3v) is 1.32. The molecule has 0 saturated heterocycles. The standard InChI is InChI=1S/C10H8O.C2H6/c1-2-3-9-4-6-10(8-11)7-5-9;1-2/h4-8H,1H3;1-2H3. The molecule has 68 valence electrons. The van der Waals surface area contributed by atoms with Crippen molar-refractivity contribution in [2.75, 3.05) is 0 Å². The lowest BCUT2D eigenvalue weighted by Gasteiger charge is -1.89. The molecule has 1 heteroatoms. The number of benzene rings is 1. The second-order valence-corrected chi connectivity index (χ2v) is 2.11. The van der Waals surface area contributed by atoms with E-state index >= 15 is 0 Å². The minimum Gasteiger partial charge on any atom is -0.298 e. The SMILES string of the molecule is CC.CC#Cc1ccc(C=O)cc1. The Balaban J connectivity index is 0.000000671. The van der Waals surface area contributed by atoms with Crippen molar-refractivity contribution in [2.24, 2.45) is 0 Å². The maximum absolute atomic E-state index is 10.2. The van der Waals surface area contributed by atoms with Gasteiger partial charge in [0.2, 0.25) is 0 Å². The van der Waals surface area contributed by atoms with E-state index in [4.69, 9.17) is 0 Å². The van der Waals surface area contributed by atoms with Gasteiger partial charge in [-0.25, -0.2) is 0 Å². The number of carbonyl (C=O) groups excluding carboxylic acids is 1. The highest BCUT2D eigenvalue weighted by Crippen LogP contribution is 1.99. The predicted octanol–water partition coefficient (Wildman–Crippen LogP) is 2.90. The molecule has 1 nitrogen and oxygen atoms in total. The average Bonchev–Trinajstić information content (AvgIpc) is 2.23. The number of hydrogen-bond donors (Lipinski definition) is 0. The zero-order chi connectivity index (χ0) is 10.1. The van der Waals surface area contributed by atoms with E-state index in [-0.39, 0.29) is 0 Å². The zero-order valence-electron chi connectivity index (χ0n) is 8.29. The summed E-state index contributed by atoms with van der Waals surface area (Å²) in [6.07, 6.45) is 0.823. The molecule has 0 bridgehead atoms. The van der Waals surface area contributed by atoms with E-state index in [1.807, 2.05) is 26.0 Å². The quantitative estimate of drug-likeness (QED) is 0.472. The van der Waals surface area contributed by atoms with E-state index in [9.17, 15) is 4.79 Å². The van der Waals surface area contributed by atoms with Crippen molar-refractivity contribution in [3.63, 3.8) is 0 Å². The highest BCUT2D eigenvalue weighted by atomic mass is 16.1. The molecule has 0 atom stereocenters. The molecule has 0 N–H and O–H groups in total. The largest absolute Gasteiger partial charge is 0.298 e. The van der Waals surface area contributed by atoms with Crippen molar-refractivity contribution < 1.29 is 4.79 Å². The van der Waals surface area contributed by atoms with Gasteiger partial charge in [0.15, 0.2) is 0 Å². The van der Waals surface area contributed by atoms with Crippen LogP contribution in [0.3, 0.4) is 0 Å². The van der Waals surface area contributed by atoms with E-state index in [1.165, 1.54) is 0 Å². The van der Waals surface area contributed by atoms with Crippen LogP contribution in [-0.4, -0.2) is 6.29 Å². The maximum Gasteiger partial charge on any atom is 0.150 e. The summed E-state index contributed by atoms with van der Waals surface area (Å²) in [5, 5.41) is 0. The first-order valence-electron chi connectivity index (χ1n) is 4.35. The fourth-order valence-corrected chi connectivity index (χ4v) is 0.789. The number of hydrogen-bond acceptors (Lipinski definition) is 1. The molecule has 0 aromatic heterocycles. The van der Waals surface area contributed by atoms with Crippen LogP contribution in [0.1, 0.15) is 36.7 Å². The van der Waals surface area contributed by atoms with E-state index < -0.39 is 0 Å². The van der Waals surface area contributed by atoms with Crippen LogP contribution in [0.5, 0.6) is 0 Å². The number of rotatable bonds is 1. The minimum absolute atomic E-state index is 0.687. The summed E-state index contributed by atoms with van der Waals surface area (Å²) in [5.41, 5.74) is 1.63. The average molecular weight is 174 g/mol. The van der Waals surface area contributed by atoms with Gasteiger partial charge in [-0.3, -0.25) is 4.79 Å². The molecule has 1 rings (SSSR count). The van der Waals surface area contributed by atoms with Gasteiger partial charge in [0.1, 0.15) is 6.29 Å². The van der Waals surface area contributed by atoms with E-state index in [2.05, 4.69) is 11.8 Å². The van der Waals surface area contributed by atoms with Crippen molar-refractivity contribution in [2.45, 2.75) is 20.8 Å². The Labute approximate surface area is 79.8 Å². The Kier molecular flexibility index (Phi) is 6.27. The second kappa shape index (κ2) is 7.12. The lowest BCUT2D eigenvalue weighted by Crippen LogP contribution is -1.78. The summed E-state index contributed by atoms with van der Waals surface area (Å²) in [6, 6.07) is 7.18. The van der Waals surface area contributed by atoms with Gasteiger partial charge in [-0.15, -0.1) is 5.92 Å². The van der Waals surface area contributed by atoms with Gasteiger partial charge in [0.25, 0.3) is 0 Å². The molecule has 13 heavy (non-hydrogen) atoms. The van der Waals surface area contributed by atoms with E-state index in [0.717, 1.165) is 11.8 Å². The molecular weight excluding hydrogens is 160 g/mol. The van der Waals surface area contributed by atoms with Crippen LogP contribution in [0, 0.1) is 11.8 Å². The first-order valence-corrected chi connectivity index (χ1v) is 4.35. The van der Waals surface area contributed by atoms with Crippen molar-refractivity contribution in [3.8, 4) is 11.8 Å². The van der Waals surface area contributed by atoms with Crippen LogP contribution >= 0.6 is 0 Å². The van der Waals surface area contributed by atoms with Gasteiger partial charge in [-0.1, -0.05) is 31.9 Å². The van der Waals surface area contributed by atoms with Crippen molar-refractivity contribution in [1.82, 2.24) is 0 Å². The molecule has 0 aliphatic carbocycles. The van der Waals surface area contributed by atoms with Gasteiger partial charge in [-0.2, -0.15) is 0 Å². The van der Waals surface area contributed by atoms with Crippen molar-refractivity contribution in [1.29, 1.82) is 0 Å². The zero-order valence-corrected chi connectivity index (χ0v) is 8.29. The van der Waals surface area contributed by atoms with Gasteiger partial charge in [0.05, 0.1) is 0 Å². The predicted molar refractivity (Wildman–Crippen MR) is 55.7 cm³/mol. The Hall–Kier alpha value is -1.55. The fourth-order valence-electron chi connectivity index (χ4n) is 0.789. The monoisotopic (exact) mass is 174 g/mol. The Bertz CT molecular complexity index is 298. The summed E-state index contributed by atoms with van der Waals surface area (Å²) in [6.45, 7) is 5.79. The fraction of sp³-hybridized carbons (Fsp3) is 0.250. The normalized spacial score (nSPS) is 7.31. The summed E-state index contributed by atoms with van der Waals surface area (Å²) >= 11 is 0. The number of carbonyl (C=O) groups is 1. The van der Waals surface area contributed by atoms with Gasteiger partial charge in [-0.05, 0) is 19.1 Å². The van der Waals surface area contributed by atoms with Gasteiger partial charge in [0, 0.05) is 11.1 Å². The molecule has 0 radical (unpaired) electrons. The van der Waals surface area contributed by atoms with Crippen LogP contribution in [0.4, 0.5) is 0 Å². The van der Waals surface area contributed by atoms with Crippen LogP contribution in [0.25, 0.3) is 0 Å².